The zero-order chi connectivity index (χ0) is 9.14. The number of allylic oxidation sites excluding steroid dienone is 2. The van der Waals surface area contributed by atoms with Crippen LogP contribution in [0.15, 0.2) is 33.5 Å². The van der Waals surface area contributed by atoms with Gasteiger partial charge in [0.15, 0.2) is 0 Å². The van der Waals surface area contributed by atoms with E-state index in [4.69, 9.17) is 0 Å². The van der Waals surface area contributed by atoms with Crippen LogP contribution >= 0.6 is 0 Å². The van der Waals surface area contributed by atoms with Crippen LogP contribution < -0.4 is 0 Å². The van der Waals surface area contributed by atoms with E-state index in [0.717, 1.165) is 11.4 Å². The predicted molar refractivity (Wildman–Crippen MR) is 53.7 cm³/mol. The maximum absolute atomic E-state index is 4.18. The van der Waals surface area contributed by atoms with Crippen molar-refractivity contribution in [3.63, 3.8) is 0 Å². The monoisotopic (exact) mass is 162 g/mol. The minimum absolute atomic E-state index is 1.08. The average molecular weight is 162 g/mol. The van der Waals surface area contributed by atoms with Crippen LogP contribution in [0.1, 0.15) is 27.7 Å². The van der Waals surface area contributed by atoms with Crippen LogP contribution in [0.2, 0.25) is 0 Å². The van der Waals surface area contributed by atoms with Gasteiger partial charge in [-0.3, -0.25) is 9.98 Å². The van der Waals surface area contributed by atoms with Crippen molar-refractivity contribution in [3.8, 4) is 0 Å². The van der Waals surface area contributed by atoms with Crippen LogP contribution in [0.3, 0.4) is 0 Å². The third-order valence-electron chi connectivity index (χ3n) is 1.84. The molecule has 2 heterocycles. The van der Waals surface area contributed by atoms with E-state index < -0.39 is 0 Å². The van der Waals surface area contributed by atoms with E-state index in [-0.39, 0.29) is 0 Å². The summed E-state index contributed by atoms with van der Waals surface area (Å²) in [6.45, 7) is 8.01. The number of hydrogen-bond acceptors (Lipinski definition) is 2. The topological polar surface area (TPSA) is 24.7 Å². The van der Waals surface area contributed by atoms with Crippen LogP contribution in [-0.4, -0.2) is 11.4 Å². The van der Waals surface area contributed by atoms with Crippen LogP contribution in [0.25, 0.3) is 0 Å². The molecule has 0 bridgehead atoms. The van der Waals surface area contributed by atoms with E-state index in [1.165, 1.54) is 11.1 Å². The summed E-state index contributed by atoms with van der Waals surface area (Å²) >= 11 is 0. The van der Waals surface area contributed by atoms with Crippen molar-refractivity contribution in [2.24, 2.45) is 9.98 Å². The predicted octanol–water partition coefficient (Wildman–Crippen LogP) is 2.73. The number of hydrogen-bond donors (Lipinski definition) is 0. The lowest BCUT2D eigenvalue weighted by molar-refractivity contribution is 1.50. The molecule has 0 unspecified atom stereocenters. The molecule has 2 nitrogen and oxygen atoms in total. The molecule has 64 valence electrons. The van der Waals surface area contributed by atoms with Gasteiger partial charge in [-0.05, 0) is 13.8 Å². The molecule has 2 aliphatic rings. The van der Waals surface area contributed by atoms with Crippen molar-refractivity contribution in [1.29, 1.82) is 0 Å². The Hall–Kier alpha value is -1.18. The third-order valence-corrected chi connectivity index (χ3v) is 1.84. The molecule has 2 aliphatic heterocycles. The lowest BCUT2D eigenvalue weighted by Crippen LogP contribution is -1.96. The second-order valence-corrected chi connectivity index (χ2v) is 2.51. The van der Waals surface area contributed by atoms with Gasteiger partial charge in [-0.2, -0.15) is 0 Å². The Kier molecular flexibility index (Phi) is 2.58. The maximum Gasteiger partial charge on any atom is 0.0467 e. The SMILES string of the molecule is CC.CC1=NC=C2C1=CN=C2C. The number of nitrogens with zero attached hydrogens (tertiary/aromatic N) is 2. The molecule has 0 saturated heterocycles. The zero-order valence-corrected chi connectivity index (χ0v) is 8.05. The Morgan fingerprint density at radius 2 is 1.17 bits per heavy atom. The molecule has 0 fully saturated rings. The van der Waals surface area contributed by atoms with Crippen molar-refractivity contribution in [2.45, 2.75) is 27.7 Å². The number of fused-ring (bicyclic) bond motifs is 1. The highest BCUT2D eigenvalue weighted by molar-refractivity contribution is 6.19. The fraction of sp³-hybridized carbons (Fsp3) is 0.400. The summed E-state index contributed by atoms with van der Waals surface area (Å²) in [5.41, 5.74) is 4.54. The lowest BCUT2D eigenvalue weighted by Gasteiger charge is -1.93. The molecule has 0 amide bonds. The van der Waals surface area contributed by atoms with Gasteiger partial charge in [0.25, 0.3) is 0 Å². The summed E-state index contributed by atoms with van der Waals surface area (Å²) in [4.78, 5) is 8.35. The number of rotatable bonds is 0. The molecule has 0 radical (unpaired) electrons. The molecule has 2 heteroatoms. The van der Waals surface area contributed by atoms with Crippen molar-refractivity contribution >= 4 is 11.4 Å². The van der Waals surface area contributed by atoms with Gasteiger partial charge < -0.3 is 0 Å². The fourth-order valence-electron chi connectivity index (χ4n) is 1.18. The van der Waals surface area contributed by atoms with Crippen molar-refractivity contribution in [2.75, 3.05) is 0 Å². The summed E-state index contributed by atoms with van der Waals surface area (Å²) in [7, 11) is 0. The summed E-state index contributed by atoms with van der Waals surface area (Å²) in [5.74, 6) is 0. The summed E-state index contributed by atoms with van der Waals surface area (Å²) < 4.78 is 0. The normalized spacial score (nSPS) is 18.3. The molecule has 0 aromatic carbocycles. The van der Waals surface area contributed by atoms with E-state index in [2.05, 4.69) is 9.98 Å². The molecular weight excluding hydrogens is 148 g/mol. The van der Waals surface area contributed by atoms with Gasteiger partial charge in [0, 0.05) is 35.0 Å². The average Bonchev–Trinajstić information content (AvgIpc) is 2.62. The highest BCUT2D eigenvalue weighted by Gasteiger charge is 2.19. The van der Waals surface area contributed by atoms with Crippen molar-refractivity contribution in [3.05, 3.63) is 23.5 Å². The quantitative estimate of drug-likeness (QED) is 0.523. The lowest BCUT2D eigenvalue weighted by atomic mass is 10.1. The minimum Gasteiger partial charge on any atom is -0.260 e. The fourth-order valence-corrected chi connectivity index (χ4v) is 1.18. The van der Waals surface area contributed by atoms with Crippen LogP contribution in [-0.2, 0) is 0 Å². The van der Waals surface area contributed by atoms with Gasteiger partial charge in [0.2, 0.25) is 0 Å². The first-order chi connectivity index (χ1) is 5.79. The Labute approximate surface area is 73.4 Å². The Morgan fingerprint density at radius 3 is 1.50 bits per heavy atom. The highest BCUT2D eigenvalue weighted by atomic mass is 14.8. The molecule has 0 saturated carbocycles. The summed E-state index contributed by atoms with van der Waals surface area (Å²) in [6, 6.07) is 0. The standard InChI is InChI=1S/C8H8N2.C2H6/c1-5-7-3-10-6(2)8(7)4-9-5;1-2/h3-4H,1-2H3;1-2H3. The number of aliphatic imine (C=N–C) groups is 2. The van der Waals surface area contributed by atoms with Gasteiger partial charge in [-0.15, -0.1) is 0 Å². The van der Waals surface area contributed by atoms with E-state index in [9.17, 15) is 0 Å². The molecular formula is C10H14N2. The van der Waals surface area contributed by atoms with Gasteiger partial charge in [-0.25, -0.2) is 0 Å². The minimum atomic E-state index is 1.08. The molecule has 0 aromatic heterocycles. The Balaban J connectivity index is 0.000000336. The first-order valence-electron chi connectivity index (χ1n) is 4.29. The van der Waals surface area contributed by atoms with Crippen molar-refractivity contribution in [1.82, 2.24) is 0 Å². The maximum atomic E-state index is 4.18. The van der Waals surface area contributed by atoms with Gasteiger partial charge in [0.1, 0.15) is 0 Å². The smallest absolute Gasteiger partial charge is 0.0467 e. The largest absolute Gasteiger partial charge is 0.260 e. The Morgan fingerprint density at radius 1 is 0.833 bits per heavy atom. The molecule has 0 N–H and O–H groups in total. The van der Waals surface area contributed by atoms with Crippen molar-refractivity contribution < 1.29 is 0 Å². The van der Waals surface area contributed by atoms with Gasteiger partial charge in [0.05, 0.1) is 0 Å². The Bertz CT molecular complexity index is 272. The molecule has 0 spiro atoms. The summed E-state index contributed by atoms with van der Waals surface area (Å²) in [5, 5.41) is 0. The molecule has 12 heavy (non-hydrogen) atoms. The van der Waals surface area contributed by atoms with E-state index >= 15 is 0 Å². The van der Waals surface area contributed by atoms with E-state index in [1.807, 2.05) is 40.1 Å². The first kappa shape index (κ1) is 8.91. The van der Waals surface area contributed by atoms with E-state index in [0.29, 0.717) is 0 Å². The van der Waals surface area contributed by atoms with Gasteiger partial charge in [-0.1, -0.05) is 13.8 Å². The second-order valence-electron chi connectivity index (χ2n) is 2.51. The molecule has 0 aliphatic carbocycles. The summed E-state index contributed by atoms with van der Waals surface area (Å²) in [6.07, 6.45) is 3.76. The zero-order valence-electron chi connectivity index (χ0n) is 8.05. The third kappa shape index (κ3) is 1.24. The van der Waals surface area contributed by atoms with Gasteiger partial charge >= 0.3 is 0 Å². The molecule has 0 atom stereocenters. The highest BCUT2D eigenvalue weighted by Crippen LogP contribution is 2.24. The van der Waals surface area contributed by atoms with E-state index in [1.54, 1.807) is 0 Å². The molecule has 2 rings (SSSR count). The second kappa shape index (κ2) is 3.48. The molecule has 0 aromatic rings. The van der Waals surface area contributed by atoms with Crippen LogP contribution in [0, 0.1) is 0 Å². The first-order valence-corrected chi connectivity index (χ1v) is 4.29. The van der Waals surface area contributed by atoms with Crippen LogP contribution in [0.5, 0.6) is 0 Å². The van der Waals surface area contributed by atoms with Crippen LogP contribution in [0.4, 0.5) is 0 Å².